The fourth-order valence-corrected chi connectivity index (χ4v) is 2.27. The highest BCUT2D eigenvalue weighted by Gasteiger charge is 1.92. The minimum atomic E-state index is -4.67. The van der Waals surface area contributed by atoms with Gasteiger partial charge in [0.15, 0.2) is 0 Å². The molecule has 0 aromatic carbocycles. The summed E-state index contributed by atoms with van der Waals surface area (Å²) >= 11 is 0. The lowest BCUT2D eigenvalue weighted by molar-refractivity contribution is 0.381. The van der Waals surface area contributed by atoms with Crippen LogP contribution in [0.4, 0.5) is 0 Å². The first-order valence-electron chi connectivity index (χ1n) is 8.61. The molecule has 0 saturated carbocycles. The topological polar surface area (TPSA) is 74.6 Å². The van der Waals surface area contributed by atoms with E-state index in [4.69, 9.17) is 17.5 Å². The lowest BCUT2D eigenvalue weighted by Gasteiger charge is -2.02. The maximum absolute atomic E-state index is 8.74. The van der Waals surface area contributed by atoms with Crippen LogP contribution in [0.3, 0.4) is 0 Å². The molecule has 0 aliphatic carbocycles. The molecule has 0 aliphatic heterocycles. The van der Waals surface area contributed by atoms with Crippen molar-refractivity contribution in [2.75, 3.05) is 0 Å². The van der Waals surface area contributed by atoms with Crippen LogP contribution < -0.4 is 0 Å². The molecule has 0 spiro atoms. The van der Waals surface area contributed by atoms with Crippen LogP contribution in [-0.2, 0) is 10.4 Å². The number of rotatable bonds is 13. The zero-order valence-electron chi connectivity index (χ0n) is 14.0. The smallest absolute Gasteiger partial charge is 0.264 e. The highest BCUT2D eigenvalue weighted by Crippen LogP contribution is 2.12. The van der Waals surface area contributed by atoms with E-state index in [1.54, 1.807) is 0 Å². The van der Waals surface area contributed by atoms with Crippen molar-refractivity contribution in [1.82, 2.24) is 0 Å². The predicted octanol–water partition coefficient (Wildman–Crippen LogP) is 5.83. The molecule has 0 atom stereocenters. The van der Waals surface area contributed by atoms with E-state index >= 15 is 0 Å². The zero-order valence-corrected chi connectivity index (χ0v) is 14.8. The summed E-state index contributed by atoms with van der Waals surface area (Å²) in [5.41, 5.74) is 0. The molecule has 0 radical (unpaired) electrons. The average molecular weight is 325 g/mol. The van der Waals surface area contributed by atoms with Gasteiger partial charge in [0.05, 0.1) is 0 Å². The van der Waals surface area contributed by atoms with Gasteiger partial charge in [-0.1, -0.05) is 104 Å². The molecule has 0 saturated heterocycles. The van der Waals surface area contributed by atoms with Gasteiger partial charge in [-0.25, -0.2) is 0 Å². The van der Waals surface area contributed by atoms with Crippen molar-refractivity contribution in [3.05, 3.63) is 0 Å². The molecule has 0 rings (SSSR count). The first kappa shape index (κ1) is 23.1. The summed E-state index contributed by atoms with van der Waals surface area (Å²) in [6.07, 6.45) is 20.4. The van der Waals surface area contributed by atoms with Gasteiger partial charge < -0.3 is 0 Å². The van der Waals surface area contributed by atoms with Crippen LogP contribution in [0.15, 0.2) is 0 Å². The summed E-state index contributed by atoms with van der Waals surface area (Å²) in [6, 6.07) is 0. The van der Waals surface area contributed by atoms with Crippen molar-refractivity contribution in [1.29, 1.82) is 0 Å². The van der Waals surface area contributed by atoms with Crippen LogP contribution in [0.25, 0.3) is 0 Å². The monoisotopic (exact) mass is 324 g/mol. The van der Waals surface area contributed by atoms with Gasteiger partial charge in [-0.15, -0.1) is 0 Å². The predicted molar refractivity (Wildman–Crippen MR) is 90.2 cm³/mol. The Morgan fingerprint density at radius 1 is 0.524 bits per heavy atom. The Kier molecular flexibility index (Phi) is 19.7. The third kappa shape index (κ3) is 38.3. The minimum Gasteiger partial charge on any atom is -0.264 e. The van der Waals surface area contributed by atoms with Gasteiger partial charge in [0.1, 0.15) is 0 Å². The maximum Gasteiger partial charge on any atom is 0.394 e. The standard InChI is InChI=1S/C16H34.H2O4S/c1-3-5-7-9-11-13-15-16-14-12-10-8-6-4-2;1-5(2,3)4/h3-16H2,1-2H3;(H2,1,2,3,4). The lowest BCUT2D eigenvalue weighted by atomic mass is 10.0. The van der Waals surface area contributed by atoms with E-state index in [1.807, 2.05) is 0 Å². The molecule has 5 heteroatoms. The molecule has 0 fully saturated rings. The summed E-state index contributed by atoms with van der Waals surface area (Å²) in [6.45, 7) is 4.58. The zero-order chi connectivity index (χ0) is 16.4. The molecule has 0 aromatic rings. The normalized spacial score (nSPS) is 11.0. The van der Waals surface area contributed by atoms with Crippen molar-refractivity contribution in [3.63, 3.8) is 0 Å². The maximum atomic E-state index is 8.74. The fraction of sp³-hybridized carbons (Fsp3) is 1.00. The summed E-state index contributed by atoms with van der Waals surface area (Å²) < 4.78 is 31.6. The molecule has 4 nitrogen and oxygen atoms in total. The minimum absolute atomic E-state index is 1.37. The Morgan fingerprint density at radius 2 is 0.667 bits per heavy atom. The molecule has 130 valence electrons. The molecule has 0 aromatic heterocycles. The van der Waals surface area contributed by atoms with Crippen molar-refractivity contribution < 1.29 is 17.5 Å². The quantitative estimate of drug-likeness (QED) is 0.330. The van der Waals surface area contributed by atoms with E-state index < -0.39 is 10.4 Å². The first-order chi connectivity index (χ1) is 9.91. The number of hydrogen-bond donors (Lipinski definition) is 2. The highest BCUT2D eigenvalue weighted by atomic mass is 32.3. The second-order valence-corrected chi connectivity index (χ2v) is 6.59. The molecule has 2 N–H and O–H groups in total. The third-order valence-electron chi connectivity index (χ3n) is 3.46. The molecule has 0 heterocycles. The number of hydrogen-bond acceptors (Lipinski definition) is 2. The Balaban J connectivity index is 0. The summed E-state index contributed by atoms with van der Waals surface area (Å²) in [4.78, 5) is 0. The first-order valence-corrected chi connectivity index (χ1v) is 10.0. The van der Waals surface area contributed by atoms with Crippen molar-refractivity contribution in [3.8, 4) is 0 Å². The van der Waals surface area contributed by atoms with E-state index in [1.165, 1.54) is 89.9 Å². The number of unbranched alkanes of at least 4 members (excludes halogenated alkanes) is 13. The van der Waals surface area contributed by atoms with E-state index in [-0.39, 0.29) is 0 Å². The Labute approximate surface area is 132 Å². The second-order valence-electron chi connectivity index (χ2n) is 5.69. The fourth-order valence-electron chi connectivity index (χ4n) is 2.27. The van der Waals surface area contributed by atoms with Gasteiger partial charge in [0, 0.05) is 0 Å². The molecule has 0 amide bonds. The Hall–Kier alpha value is -0.130. The van der Waals surface area contributed by atoms with E-state index in [9.17, 15) is 0 Å². The van der Waals surface area contributed by atoms with Crippen molar-refractivity contribution in [2.45, 2.75) is 104 Å². The van der Waals surface area contributed by atoms with Gasteiger partial charge in [-0.05, 0) is 0 Å². The van der Waals surface area contributed by atoms with Gasteiger partial charge in [0.25, 0.3) is 0 Å². The van der Waals surface area contributed by atoms with Crippen LogP contribution >= 0.6 is 0 Å². The van der Waals surface area contributed by atoms with Crippen molar-refractivity contribution >= 4 is 10.4 Å². The van der Waals surface area contributed by atoms with Crippen LogP contribution in [-0.4, -0.2) is 17.5 Å². The van der Waals surface area contributed by atoms with Gasteiger partial charge >= 0.3 is 10.4 Å². The van der Waals surface area contributed by atoms with Gasteiger partial charge in [-0.3, -0.25) is 9.11 Å². The average Bonchev–Trinajstić information content (AvgIpc) is 2.38. The highest BCUT2D eigenvalue weighted by molar-refractivity contribution is 7.79. The van der Waals surface area contributed by atoms with Crippen LogP contribution in [0.5, 0.6) is 0 Å². The second kappa shape index (κ2) is 17.9. The molecular formula is C16H36O4S. The largest absolute Gasteiger partial charge is 0.394 e. The molecule has 21 heavy (non-hydrogen) atoms. The lowest BCUT2D eigenvalue weighted by Crippen LogP contribution is -1.89. The summed E-state index contributed by atoms with van der Waals surface area (Å²) in [5, 5.41) is 0. The van der Waals surface area contributed by atoms with E-state index in [0.717, 1.165) is 0 Å². The van der Waals surface area contributed by atoms with Gasteiger partial charge in [-0.2, -0.15) is 8.42 Å². The summed E-state index contributed by atoms with van der Waals surface area (Å²) in [5.74, 6) is 0. The van der Waals surface area contributed by atoms with E-state index in [0.29, 0.717) is 0 Å². The summed E-state index contributed by atoms with van der Waals surface area (Å²) in [7, 11) is -4.67. The van der Waals surface area contributed by atoms with Crippen LogP contribution in [0, 0.1) is 0 Å². The van der Waals surface area contributed by atoms with Crippen LogP contribution in [0.1, 0.15) is 104 Å². The molecule has 0 bridgehead atoms. The Bertz CT molecular complexity index is 254. The molecule has 0 aliphatic rings. The molecular weight excluding hydrogens is 288 g/mol. The third-order valence-corrected chi connectivity index (χ3v) is 3.46. The van der Waals surface area contributed by atoms with Crippen molar-refractivity contribution in [2.24, 2.45) is 0 Å². The molecule has 0 unspecified atom stereocenters. The Morgan fingerprint density at radius 3 is 0.810 bits per heavy atom. The van der Waals surface area contributed by atoms with Gasteiger partial charge in [0.2, 0.25) is 0 Å². The SMILES string of the molecule is CCCCCCCCCCCCCCCC.O=S(=O)(O)O. The van der Waals surface area contributed by atoms with Crippen LogP contribution in [0.2, 0.25) is 0 Å². The van der Waals surface area contributed by atoms with E-state index in [2.05, 4.69) is 13.8 Å².